The summed E-state index contributed by atoms with van der Waals surface area (Å²) in [7, 11) is -1.40. The molecule has 1 amide bonds. The van der Waals surface area contributed by atoms with E-state index in [-0.39, 0.29) is 32.5 Å². The van der Waals surface area contributed by atoms with E-state index in [9.17, 15) is 19.6 Å². The van der Waals surface area contributed by atoms with E-state index in [0.717, 1.165) is 122 Å². The molecule has 0 aromatic heterocycles. The summed E-state index contributed by atoms with van der Waals surface area (Å²) >= 11 is 17.9. The number of nitrogens with one attached hydrogen (secondary N) is 1. The minimum absolute atomic E-state index is 0.0520. The molecular formula is C57H105Cl3NO16P. The van der Waals surface area contributed by atoms with E-state index in [1.807, 2.05) is 0 Å². The van der Waals surface area contributed by atoms with E-state index in [4.69, 9.17) is 93.7 Å². The number of carbonyl (C=O) groups is 1. The molecule has 0 bridgehead atoms. The Hall–Kier alpha value is -0.670. The number of amides is 1. The van der Waals surface area contributed by atoms with E-state index in [0.29, 0.717) is 33.4 Å². The van der Waals surface area contributed by atoms with Gasteiger partial charge in [0.25, 0.3) is 0 Å². The van der Waals surface area contributed by atoms with Gasteiger partial charge in [-0.2, -0.15) is 0 Å². The Morgan fingerprint density at radius 3 is 1.68 bits per heavy atom. The molecular weight excluding hydrogens is 1090 g/mol. The van der Waals surface area contributed by atoms with Crippen molar-refractivity contribution in [1.82, 2.24) is 5.32 Å². The molecule has 2 aliphatic rings. The van der Waals surface area contributed by atoms with Crippen LogP contribution in [0.5, 0.6) is 0 Å². The molecule has 17 nitrogen and oxygen atoms in total. The molecule has 2 fully saturated rings. The maximum Gasteiger partial charge on any atom is 0.475 e. The second-order valence-electron chi connectivity index (χ2n) is 20.4. The minimum Gasteiger partial charge on any atom is -0.445 e. The summed E-state index contributed by atoms with van der Waals surface area (Å²) in [5, 5.41) is 26.5. The zero-order valence-electron chi connectivity index (χ0n) is 49.8. The highest BCUT2D eigenvalue weighted by atomic mass is 35.6. The lowest BCUT2D eigenvalue weighted by Gasteiger charge is -2.47. The maximum atomic E-state index is 14.4. The van der Waals surface area contributed by atoms with E-state index in [1.165, 1.54) is 64.2 Å². The van der Waals surface area contributed by atoms with Crippen molar-refractivity contribution in [2.45, 2.75) is 265 Å². The van der Waals surface area contributed by atoms with Gasteiger partial charge in [-0.3, -0.25) is 13.6 Å². The molecule has 460 valence electrons. The van der Waals surface area contributed by atoms with Crippen molar-refractivity contribution in [2.24, 2.45) is 0 Å². The Morgan fingerprint density at radius 1 is 0.654 bits per heavy atom. The molecule has 0 spiro atoms. The number of ether oxygens (including phenoxy) is 9. The number of hydrogen-bond acceptors (Lipinski definition) is 16. The van der Waals surface area contributed by atoms with E-state index in [1.54, 1.807) is 7.11 Å². The Bertz CT molecular complexity index is 1570. The van der Waals surface area contributed by atoms with E-state index >= 15 is 0 Å². The number of alkyl halides is 3. The van der Waals surface area contributed by atoms with Crippen LogP contribution in [-0.2, 0) is 60.8 Å². The lowest BCUT2D eigenvalue weighted by atomic mass is 9.96. The third kappa shape index (κ3) is 32.4. The van der Waals surface area contributed by atoms with Gasteiger partial charge in [-0.25, -0.2) is 9.36 Å². The van der Waals surface area contributed by atoms with Crippen molar-refractivity contribution >= 4 is 48.7 Å². The van der Waals surface area contributed by atoms with Gasteiger partial charge < -0.3 is 58.2 Å². The number of methoxy groups -OCH3 is 2. The van der Waals surface area contributed by atoms with Crippen LogP contribution in [0.1, 0.15) is 197 Å². The number of hydrogen-bond donors (Lipinski definition) is 3. The Morgan fingerprint density at radius 2 is 1.17 bits per heavy atom. The van der Waals surface area contributed by atoms with Gasteiger partial charge in [0, 0.05) is 36.8 Å². The van der Waals surface area contributed by atoms with Gasteiger partial charge in [-0.05, 0) is 25.7 Å². The molecule has 0 radical (unpaired) electrons. The summed E-state index contributed by atoms with van der Waals surface area (Å²) in [4.78, 5) is 13.7. The second kappa shape index (κ2) is 45.7. The normalized spacial score (nSPS) is 24.6. The molecule has 11 atom stereocenters. The van der Waals surface area contributed by atoms with Crippen LogP contribution in [0.3, 0.4) is 0 Å². The first-order valence-corrected chi connectivity index (χ1v) is 31.8. The number of halogens is 3. The summed E-state index contributed by atoms with van der Waals surface area (Å²) in [5.41, 5.74) is 0. The molecule has 78 heavy (non-hydrogen) atoms. The first-order valence-electron chi connectivity index (χ1n) is 30.7. The smallest absolute Gasteiger partial charge is 0.445 e. The van der Waals surface area contributed by atoms with Crippen LogP contribution in [-0.4, -0.2) is 155 Å². The minimum atomic E-state index is -4.47. The average molecular weight is 1200 g/mol. The molecule has 2 rings (SSSR count). The highest BCUT2D eigenvalue weighted by molar-refractivity contribution is 7.48. The molecule has 2 aliphatic heterocycles. The molecule has 0 aliphatic carbocycles. The first kappa shape index (κ1) is 69.8. The number of alkyl carbamates (subject to hydrolysis) is 1. The SMILES string of the molecule is [2H]CCCCCCCCCCCCO[C@H]1[C@H](O)[C@@H](CO[C@@H]2O[C@H](COC)[C@@H](OP(=O)(OCC=C)OCC=C)[C@H](OCC[C@@H](CCCCCCC)OC)[C@H]2NC(=O)OCC(Cl)(Cl)Cl)OC(O)[C@@H]1OCCCCCCCCCCCC[2H]. The molecule has 3 N–H and O–H groups in total. The number of carbonyl (C=O) groups excluding carboxylic acids is 1. The van der Waals surface area contributed by atoms with Gasteiger partial charge in [0.1, 0.15) is 55.4 Å². The zero-order chi connectivity index (χ0) is 58.7. The maximum absolute atomic E-state index is 14.4. The number of phosphoric ester groups is 1. The van der Waals surface area contributed by atoms with Crippen LogP contribution in [0, 0.1) is 0 Å². The number of unbranched alkanes of at least 4 members (excludes halogenated alkanes) is 22. The highest BCUT2D eigenvalue weighted by Gasteiger charge is 2.53. The first-order chi connectivity index (χ1) is 38.7. The monoisotopic (exact) mass is 1200 g/mol. The fraction of sp³-hybridized carbons (Fsp3) is 0.912. The van der Waals surface area contributed by atoms with Gasteiger partial charge in [-0.1, -0.05) is 215 Å². The highest BCUT2D eigenvalue weighted by Crippen LogP contribution is 2.52. The molecule has 21 heteroatoms. The largest absolute Gasteiger partial charge is 0.475 e. The number of rotatable bonds is 50. The standard InChI is InChI=1S/C57H105Cl3NO16P/c1-8-13-16-19-21-23-25-27-30-33-39-68-52-49(62)46(75-54(63)53(52)69-40-34-31-28-26-24-22-20-17-14-9-2)43-71-55-48(61-56(64)72-44-57(58,59)60)51(70-41-36-45(67-7)35-32-29-18-15-10-3)50(47(76-55)42-66-6)77-78(65,73-37-11-4)74-38-12-5/h11-12,45-55,62-63H,4-5,8-10,13-44H2,1-3,6-7H3,(H,61,64)/t45-,46-,47-,48-,49-,50-,51-,52+,53-,54?,55-/m1/s1/i1D,2D. The van der Waals surface area contributed by atoms with Crippen LogP contribution in [0.4, 0.5) is 4.79 Å². The predicted molar refractivity (Wildman–Crippen MR) is 308 cm³/mol. The summed E-state index contributed by atoms with van der Waals surface area (Å²) in [6.45, 7) is 9.52. The van der Waals surface area contributed by atoms with Crippen LogP contribution in [0.25, 0.3) is 0 Å². The Balaban J connectivity index is 2.43. The van der Waals surface area contributed by atoms with Crippen molar-refractivity contribution in [3.05, 3.63) is 25.3 Å². The quantitative estimate of drug-likeness (QED) is 0.0225. The third-order valence-electron chi connectivity index (χ3n) is 13.8. The van der Waals surface area contributed by atoms with Gasteiger partial charge in [-0.15, -0.1) is 13.2 Å². The lowest BCUT2D eigenvalue weighted by molar-refractivity contribution is -0.322. The fourth-order valence-corrected chi connectivity index (χ4v) is 10.9. The Labute approximate surface area is 488 Å². The molecule has 2 saturated heterocycles. The van der Waals surface area contributed by atoms with Crippen LogP contribution < -0.4 is 5.32 Å². The summed E-state index contributed by atoms with van der Waals surface area (Å²) in [6.07, 6.45) is 18.1. The third-order valence-corrected chi connectivity index (χ3v) is 15.5. The summed E-state index contributed by atoms with van der Waals surface area (Å²) in [5.74, 6) is 0. The predicted octanol–water partition coefficient (Wildman–Crippen LogP) is 13.6. The number of aliphatic hydroxyl groups excluding tert-OH is 2. The molecule has 2 heterocycles. The van der Waals surface area contributed by atoms with E-state index < -0.39 is 92.3 Å². The van der Waals surface area contributed by atoms with Crippen molar-refractivity contribution in [3.8, 4) is 0 Å². The average Bonchev–Trinajstić information content (AvgIpc) is 3.51. The van der Waals surface area contributed by atoms with Crippen LogP contribution in [0.2, 0.25) is 0 Å². The Kier molecular flexibility index (Phi) is 40.9. The topological polar surface area (TPSA) is 197 Å². The second-order valence-corrected chi connectivity index (χ2v) is 24.5. The van der Waals surface area contributed by atoms with Crippen molar-refractivity contribution in [1.29, 1.82) is 0 Å². The van der Waals surface area contributed by atoms with Crippen LogP contribution in [0.15, 0.2) is 25.3 Å². The summed E-state index contributed by atoms with van der Waals surface area (Å²) in [6, 6.07) is -1.35. The molecule has 0 saturated carbocycles. The molecule has 0 aromatic rings. The van der Waals surface area contributed by atoms with Crippen molar-refractivity contribution in [3.63, 3.8) is 0 Å². The van der Waals surface area contributed by atoms with Crippen molar-refractivity contribution in [2.75, 3.05) is 67.1 Å². The molecule has 0 aromatic carbocycles. The van der Waals surface area contributed by atoms with Gasteiger partial charge >= 0.3 is 13.9 Å². The molecule has 1 unspecified atom stereocenters. The van der Waals surface area contributed by atoms with Crippen molar-refractivity contribution < 1.29 is 78.5 Å². The number of aliphatic hydroxyl groups is 2. The number of phosphoric acid groups is 1. The van der Waals surface area contributed by atoms with Gasteiger partial charge in [0.2, 0.25) is 3.79 Å². The summed E-state index contributed by atoms with van der Waals surface area (Å²) < 4.78 is 99.7. The van der Waals surface area contributed by atoms with Gasteiger partial charge in [0.15, 0.2) is 12.6 Å². The zero-order valence-corrected chi connectivity index (χ0v) is 50.9. The van der Waals surface area contributed by atoms with E-state index in [2.05, 4.69) is 25.4 Å². The van der Waals surface area contributed by atoms with Crippen LogP contribution >= 0.6 is 42.6 Å². The fourth-order valence-electron chi connectivity index (χ4n) is 9.45. The lowest BCUT2D eigenvalue weighted by Crippen LogP contribution is -2.67. The van der Waals surface area contributed by atoms with Gasteiger partial charge in [0.05, 0.1) is 32.5 Å².